The van der Waals surface area contributed by atoms with Crippen LogP contribution >= 0.6 is 0 Å². The Hall–Kier alpha value is -1.92. The first kappa shape index (κ1) is 16.3. The van der Waals surface area contributed by atoms with E-state index in [1.165, 1.54) is 25.9 Å². The maximum absolute atomic E-state index is 13.0. The van der Waals surface area contributed by atoms with Crippen LogP contribution in [0.5, 0.6) is 0 Å². The van der Waals surface area contributed by atoms with E-state index in [-0.39, 0.29) is 11.9 Å². The molecule has 4 saturated heterocycles. The molecule has 0 aliphatic carbocycles. The fourth-order valence-corrected chi connectivity index (χ4v) is 4.77. The van der Waals surface area contributed by atoms with Gasteiger partial charge in [0.05, 0.1) is 5.56 Å². The highest BCUT2D eigenvalue weighted by atomic mass is 16.3. The number of nitrogens with one attached hydrogen (secondary N) is 2. The van der Waals surface area contributed by atoms with Crippen LogP contribution in [0.15, 0.2) is 22.6 Å². The molecule has 0 saturated carbocycles. The summed E-state index contributed by atoms with van der Waals surface area (Å²) in [5, 5.41) is 6.64. The molecule has 6 rings (SSSR count). The van der Waals surface area contributed by atoms with Gasteiger partial charge in [-0.25, -0.2) is 4.98 Å². The Morgan fingerprint density at radius 2 is 2.00 bits per heavy atom. The third kappa shape index (κ3) is 2.91. The Balaban J connectivity index is 1.39. The average molecular weight is 354 g/mol. The van der Waals surface area contributed by atoms with E-state index >= 15 is 0 Å². The van der Waals surface area contributed by atoms with Gasteiger partial charge in [0.25, 0.3) is 5.91 Å². The van der Waals surface area contributed by atoms with Crippen molar-refractivity contribution in [3.05, 3.63) is 29.7 Å². The lowest BCUT2D eigenvalue weighted by molar-refractivity contribution is 0.0621. The number of nitrogens with zero attached hydrogens (tertiary/aromatic N) is 2. The number of benzene rings is 1. The Labute approximate surface area is 153 Å². The third-order valence-electron chi connectivity index (χ3n) is 6.34. The van der Waals surface area contributed by atoms with Gasteiger partial charge >= 0.3 is 0 Å². The molecule has 138 valence electrons. The predicted octanol–water partition coefficient (Wildman–Crippen LogP) is 2.12. The van der Waals surface area contributed by atoms with Crippen LogP contribution in [0, 0.1) is 5.92 Å². The number of para-hydroxylation sites is 1. The van der Waals surface area contributed by atoms with E-state index in [2.05, 4.69) is 15.5 Å². The summed E-state index contributed by atoms with van der Waals surface area (Å²) in [7, 11) is 0. The monoisotopic (exact) mass is 354 g/mol. The van der Waals surface area contributed by atoms with Crippen LogP contribution in [0.25, 0.3) is 11.1 Å². The van der Waals surface area contributed by atoms with Crippen LogP contribution in [0.1, 0.15) is 47.8 Å². The van der Waals surface area contributed by atoms with E-state index in [1.807, 2.05) is 18.2 Å². The second-order valence-corrected chi connectivity index (χ2v) is 7.95. The number of carbonyl (C=O) groups excluding carboxylic acids is 1. The van der Waals surface area contributed by atoms with Crippen molar-refractivity contribution in [1.29, 1.82) is 0 Å². The van der Waals surface area contributed by atoms with Crippen molar-refractivity contribution >= 4 is 17.0 Å². The van der Waals surface area contributed by atoms with Gasteiger partial charge in [-0.15, -0.1) is 0 Å². The lowest BCUT2D eigenvalue weighted by Gasteiger charge is -2.44. The number of fused-ring (bicyclic) bond motifs is 4. The Bertz CT molecular complexity index is 803. The largest absolute Gasteiger partial charge is 0.440 e. The van der Waals surface area contributed by atoms with Gasteiger partial charge in [0.1, 0.15) is 5.52 Å². The first-order chi connectivity index (χ1) is 12.8. The summed E-state index contributed by atoms with van der Waals surface area (Å²) in [6, 6.07) is 5.94. The second kappa shape index (κ2) is 6.67. The topological polar surface area (TPSA) is 70.4 Å². The van der Waals surface area contributed by atoms with Crippen LogP contribution in [0.2, 0.25) is 0 Å². The van der Waals surface area contributed by atoms with Crippen molar-refractivity contribution in [3.63, 3.8) is 0 Å². The normalized spacial score (nSPS) is 29.2. The molecule has 1 amide bonds. The quantitative estimate of drug-likeness (QED) is 0.884. The molecule has 4 aliphatic rings. The molecule has 1 atom stereocenters. The van der Waals surface area contributed by atoms with Crippen LogP contribution in [0.4, 0.5) is 0 Å². The maximum Gasteiger partial charge on any atom is 0.253 e. The predicted molar refractivity (Wildman–Crippen MR) is 99.3 cm³/mol. The van der Waals surface area contributed by atoms with Crippen molar-refractivity contribution in [2.45, 2.75) is 37.6 Å². The zero-order valence-electron chi connectivity index (χ0n) is 15.0. The van der Waals surface area contributed by atoms with Crippen molar-refractivity contribution in [3.8, 4) is 0 Å². The minimum absolute atomic E-state index is 0.0143. The molecule has 5 heterocycles. The van der Waals surface area contributed by atoms with E-state index in [4.69, 9.17) is 9.40 Å². The highest BCUT2D eigenvalue weighted by Gasteiger charge is 2.35. The zero-order chi connectivity index (χ0) is 17.5. The summed E-state index contributed by atoms with van der Waals surface area (Å²) in [6.07, 6.45) is 4.46. The van der Waals surface area contributed by atoms with E-state index in [0.717, 1.165) is 43.9 Å². The molecular weight excluding hydrogens is 328 g/mol. The van der Waals surface area contributed by atoms with Gasteiger partial charge in [-0.2, -0.15) is 0 Å². The highest BCUT2D eigenvalue weighted by molar-refractivity contribution is 6.04. The molecule has 6 heteroatoms. The maximum atomic E-state index is 13.0. The van der Waals surface area contributed by atoms with Gasteiger partial charge in [-0.1, -0.05) is 6.07 Å². The Morgan fingerprint density at radius 1 is 1.19 bits per heavy atom. The number of rotatable bonds is 3. The highest BCUT2D eigenvalue weighted by Crippen LogP contribution is 2.30. The third-order valence-corrected chi connectivity index (χ3v) is 6.34. The lowest BCUT2D eigenvalue weighted by Crippen LogP contribution is -2.57. The second-order valence-electron chi connectivity index (χ2n) is 7.95. The molecule has 6 nitrogen and oxygen atoms in total. The van der Waals surface area contributed by atoms with Crippen LogP contribution in [0.3, 0.4) is 0 Å². The van der Waals surface area contributed by atoms with Crippen LogP contribution in [-0.4, -0.2) is 54.6 Å². The van der Waals surface area contributed by atoms with E-state index in [9.17, 15) is 4.79 Å². The fraction of sp³-hybridized carbons (Fsp3) is 0.600. The number of amides is 1. The molecule has 2 N–H and O–H groups in total. The molecule has 1 aromatic carbocycles. The molecule has 0 radical (unpaired) electrons. The first-order valence-corrected chi connectivity index (χ1v) is 9.91. The summed E-state index contributed by atoms with van der Waals surface area (Å²) in [5.74, 6) is 1.73. The summed E-state index contributed by atoms with van der Waals surface area (Å²) in [4.78, 5) is 20.2. The first-order valence-electron chi connectivity index (χ1n) is 9.91. The molecule has 4 fully saturated rings. The number of hydrogen-bond acceptors (Lipinski definition) is 5. The van der Waals surface area contributed by atoms with Crippen molar-refractivity contribution in [1.82, 2.24) is 20.5 Å². The van der Waals surface area contributed by atoms with Gasteiger partial charge in [-0.05, 0) is 69.9 Å². The summed E-state index contributed by atoms with van der Waals surface area (Å²) in [5.41, 5.74) is 2.07. The minimum atomic E-state index is -0.0143. The molecule has 0 spiro atoms. The van der Waals surface area contributed by atoms with Crippen molar-refractivity contribution in [2.75, 3.05) is 32.7 Å². The Kier molecular flexibility index (Phi) is 4.17. The molecule has 1 unspecified atom stereocenters. The summed E-state index contributed by atoms with van der Waals surface area (Å²) >= 11 is 0. The number of piperidine rings is 4. The average Bonchev–Trinajstić information content (AvgIpc) is 3.14. The fourth-order valence-electron chi connectivity index (χ4n) is 4.77. The molecule has 26 heavy (non-hydrogen) atoms. The molecule has 2 aromatic rings. The van der Waals surface area contributed by atoms with Crippen LogP contribution < -0.4 is 10.6 Å². The number of oxazole rings is 1. The number of aromatic nitrogens is 1. The van der Waals surface area contributed by atoms with Gasteiger partial charge in [-0.3, -0.25) is 4.79 Å². The van der Waals surface area contributed by atoms with Crippen molar-refractivity contribution < 1.29 is 9.21 Å². The number of hydrogen-bond donors (Lipinski definition) is 2. The van der Waals surface area contributed by atoms with Gasteiger partial charge < -0.3 is 20.0 Å². The van der Waals surface area contributed by atoms with Gasteiger partial charge in [0.2, 0.25) is 0 Å². The van der Waals surface area contributed by atoms with Gasteiger partial charge in [0.15, 0.2) is 11.5 Å². The molecule has 4 aliphatic heterocycles. The van der Waals surface area contributed by atoms with E-state index in [1.54, 1.807) is 0 Å². The Morgan fingerprint density at radius 3 is 2.73 bits per heavy atom. The smallest absolute Gasteiger partial charge is 0.253 e. The van der Waals surface area contributed by atoms with Crippen molar-refractivity contribution in [2.24, 2.45) is 5.92 Å². The zero-order valence-corrected chi connectivity index (χ0v) is 15.0. The van der Waals surface area contributed by atoms with Gasteiger partial charge in [0, 0.05) is 18.5 Å². The minimum Gasteiger partial charge on any atom is -0.440 e. The summed E-state index contributed by atoms with van der Waals surface area (Å²) < 4.78 is 6.01. The lowest BCUT2D eigenvalue weighted by atomic mass is 9.84. The SMILES string of the molecule is O=C(NC1CN2CCC1CC2)c1cccc2oc(C3CCNCC3)nc12. The molecule has 1 aromatic heterocycles. The summed E-state index contributed by atoms with van der Waals surface area (Å²) in [6.45, 7) is 5.32. The van der Waals surface area contributed by atoms with E-state index < -0.39 is 0 Å². The number of carbonyl (C=O) groups is 1. The molecular formula is C20H26N4O2. The standard InChI is InChI=1S/C20H26N4O2/c25-19(22-16-12-24-10-6-13(16)7-11-24)15-2-1-3-17-18(15)23-20(26-17)14-4-8-21-9-5-14/h1-3,13-14,16,21H,4-12H2,(H,22,25). The molecule has 2 bridgehead atoms. The van der Waals surface area contributed by atoms with Crippen LogP contribution in [-0.2, 0) is 0 Å². The van der Waals surface area contributed by atoms with E-state index in [0.29, 0.717) is 22.9 Å².